The quantitative estimate of drug-likeness (QED) is 0.433. The third kappa shape index (κ3) is 2.67. The lowest BCUT2D eigenvalue weighted by Crippen LogP contribution is -2.29. The number of fused-ring (bicyclic) bond motifs is 3. The molecule has 9 heteroatoms. The van der Waals surface area contributed by atoms with Crippen LogP contribution in [-0.2, 0) is 0 Å². The minimum atomic E-state index is 0.323. The maximum absolute atomic E-state index is 6.63. The summed E-state index contributed by atoms with van der Waals surface area (Å²) < 4.78 is 0. The zero-order valence-electron chi connectivity index (χ0n) is 15.4. The van der Waals surface area contributed by atoms with Gasteiger partial charge in [-0.1, -0.05) is 18.2 Å². The van der Waals surface area contributed by atoms with Gasteiger partial charge in [0.15, 0.2) is 5.16 Å². The minimum Gasteiger partial charge on any atom is -0.355 e. The lowest BCUT2D eigenvalue weighted by atomic mass is 10.3. The van der Waals surface area contributed by atoms with E-state index in [1.165, 1.54) is 11.8 Å². The Morgan fingerprint density at radius 1 is 1.28 bits per heavy atom. The highest BCUT2D eigenvalue weighted by molar-refractivity contribution is 7.99. The number of rotatable bonds is 4. The van der Waals surface area contributed by atoms with Gasteiger partial charge in [0.1, 0.15) is 11.5 Å². The monoisotopic (exact) mass is 423 g/mol. The summed E-state index contributed by atoms with van der Waals surface area (Å²) in [5, 5.41) is 2.13. The summed E-state index contributed by atoms with van der Waals surface area (Å²) in [5.74, 6) is 1.97. The Hall–Kier alpha value is -2.55. The van der Waals surface area contributed by atoms with Gasteiger partial charge in [-0.2, -0.15) is 0 Å². The predicted octanol–water partition coefficient (Wildman–Crippen LogP) is 3.68. The van der Waals surface area contributed by atoms with Crippen molar-refractivity contribution in [1.82, 2.24) is 24.9 Å². The van der Waals surface area contributed by atoms with Crippen LogP contribution in [0.1, 0.15) is 5.69 Å². The van der Waals surface area contributed by atoms with Gasteiger partial charge < -0.3 is 20.6 Å². The predicted molar refractivity (Wildman–Crippen MR) is 116 cm³/mol. The van der Waals surface area contributed by atoms with Crippen molar-refractivity contribution in [3.05, 3.63) is 41.8 Å². The summed E-state index contributed by atoms with van der Waals surface area (Å²) in [4.78, 5) is 23.7. The third-order valence-corrected chi connectivity index (χ3v) is 7.19. The first-order valence-electron chi connectivity index (χ1n) is 9.45. The average molecular weight is 424 g/mol. The molecule has 2 atom stereocenters. The molecule has 146 valence electrons. The second-order valence-corrected chi connectivity index (χ2v) is 9.02. The molecule has 2 fully saturated rings. The molecule has 29 heavy (non-hydrogen) atoms. The molecule has 7 nitrogen and oxygen atoms in total. The fourth-order valence-electron chi connectivity index (χ4n) is 4.28. The molecule has 1 saturated carbocycles. The number of hydrogen-bond donors (Lipinski definition) is 3. The number of aromatic amines is 2. The molecule has 4 heterocycles. The van der Waals surface area contributed by atoms with E-state index in [2.05, 4.69) is 26.4 Å². The Morgan fingerprint density at radius 2 is 2.10 bits per heavy atom. The third-order valence-electron chi connectivity index (χ3n) is 5.94. The van der Waals surface area contributed by atoms with Gasteiger partial charge in [0.2, 0.25) is 0 Å². The zero-order valence-corrected chi connectivity index (χ0v) is 17.0. The minimum absolute atomic E-state index is 0.323. The molecule has 0 radical (unpaired) electrons. The van der Waals surface area contributed by atoms with E-state index in [4.69, 9.17) is 27.3 Å². The zero-order chi connectivity index (χ0) is 19.7. The standard InChI is InChI=1S/C20H18ClN7S/c1-2-12-16(21)15-18(25-12)26-20(27-19(15)28-6-10-11(7-28)17(10)22)29-9-3-4-13-14(5-9)24-8-23-13/h2-5,8,10-11,17H,1,6-7,22H2,(H,23,24)(H,25,26,27). The largest absolute Gasteiger partial charge is 0.355 e. The molecular weight excluding hydrogens is 406 g/mol. The van der Waals surface area contributed by atoms with Crippen LogP contribution < -0.4 is 10.6 Å². The van der Waals surface area contributed by atoms with Crippen LogP contribution in [-0.4, -0.2) is 44.1 Å². The van der Waals surface area contributed by atoms with E-state index in [9.17, 15) is 0 Å². The van der Waals surface area contributed by atoms with Crippen molar-refractivity contribution in [3.8, 4) is 0 Å². The van der Waals surface area contributed by atoms with E-state index in [-0.39, 0.29) is 0 Å². The maximum Gasteiger partial charge on any atom is 0.196 e. The molecule has 1 aliphatic carbocycles. The van der Waals surface area contributed by atoms with E-state index in [0.29, 0.717) is 28.1 Å². The summed E-state index contributed by atoms with van der Waals surface area (Å²) in [6.07, 6.45) is 3.41. The lowest BCUT2D eigenvalue weighted by molar-refractivity contribution is 0.732. The highest BCUT2D eigenvalue weighted by Crippen LogP contribution is 2.47. The molecule has 2 aliphatic rings. The van der Waals surface area contributed by atoms with Crippen LogP contribution in [0.3, 0.4) is 0 Å². The van der Waals surface area contributed by atoms with Crippen LogP contribution in [0.2, 0.25) is 5.02 Å². The Morgan fingerprint density at radius 3 is 2.90 bits per heavy atom. The number of aromatic nitrogens is 5. The molecule has 2 unspecified atom stereocenters. The number of nitrogens with one attached hydrogen (secondary N) is 2. The SMILES string of the molecule is C=Cc1[nH]c2nc(Sc3ccc4[nH]cnc4c3)nc(N3CC4C(N)C4C3)c2c1Cl. The summed E-state index contributed by atoms with van der Waals surface area (Å²) >= 11 is 8.14. The molecule has 0 spiro atoms. The smallest absolute Gasteiger partial charge is 0.196 e. The number of halogens is 1. The van der Waals surface area contributed by atoms with Crippen LogP contribution in [0, 0.1) is 11.8 Å². The van der Waals surface area contributed by atoms with Crippen LogP contribution >= 0.6 is 23.4 Å². The summed E-state index contributed by atoms with van der Waals surface area (Å²) in [7, 11) is 0. The van der Waals surface area contributed by atoms with Gasteiger partial charge in [-0.25, -0.2) is 15.0 Å². The Bertz CT molecular complexity index is 1270. The summed E-state index contributed by atoms with van der Waals surface area (Å²) in [6.45, 7) is 5.67. The normalized spacial score (nSPS) is 23.1. The van der Waals surface area contributed by atoms with Crippen LogP contribution in [0.4, 0.5) is 5.82 Å². The Balaban J connectivity index is 1.44. The molecule has 4 N–H and O–H groups in total. The van der Waals surface area contributed by atoms with Crippen LogP contribution in [0.5, 0.6) is 0 Å². The molecule has 1 aromatic carbocycles. The van der Waals surface area contributed by atoms with E-state index in [1.807, 2.05) is 18.2 Å². The maximum atomic E-state index is 6.63. The number of imidazole rings is 1. The topological polar surface area (TPSA) is 99.5 Å². The Kier molecular flexibility index (Phi) is 3.72. The number of anilines is 1. The fraction of sp³-hybridized carbons (Fsp3) is 0.250. The number of H-pyrrole nitrogens is 2. The van der Waals surface area contributed by atoms with Gasteiger partial charge >= 0.3 is 0 Å². The van der Waals surface area contributed by atoms with Gasteiger partial charge in [0.25, 0.3) is 0 Å². The van der Waals surface area contributed by atoms with Crippen molar-refractivity contribution in [3.63, 3.8) is 0 Å². The van der Waals surface area contributed by atoms with E-state index in [1.54, 1.807) is 12.4 Å². The van der Waals surface area contributed by atoms with Crippen LogP contribution in [0.15, 0.2) is 41.2 Å². The van der Waals surface area contributed by atoms with E-state index in [0.717, 1.165) is 51.6 Å². The number of nitrogens with zero attached hydrogens (tertiary/aromatic N) is 4. The van der Waals surface area contributed by atoms with Crippen molar-refractivity contribution in [2.45, 2.75) is 16.1 Å². The number of hydrogen-bond acceptors (Lipinski definition) is 6. The number of nitrogens with two attached hydrogens (primary N) is 1. The molecule has 0 amide bonds. The average Bonchev–Trinajstić information content (AvgIpc) is 3.19. The van der Waals surface area contributed by atoms with Crippen LogP contribution in [0.25, 0.3) is 28.1 Å². The number of benzene rings is 1. The number of piperidine rings is 1. The van der Waals surface area contributed by atoms with Crippen molar-refractivity contribution >= 4 is 57.3 Å². The van der Waals surface area contributed by atoms with Crippen molar-refractivity contribution in [2.24, 2.45) is 17.6 Å². The second kappa shape index (κ2) is 6.22. The van der Waals surface area contributed by atoms with E-state index < -0.39 is 0 Å². The fourth-order valence-corrected chi connectivity index (χ4v) is 5.36. The lowest BCUT2D eigenvalue weighted by Gasteiger charge is -2.21. The Labute approximate surface area is 175 Å². The van der Waals surface area contributed by atoms with Gasteiger partial charge in [0, 0.05) is 24.0 Å². The molecule has 4 aromatic rings. The highest BCUT2D eigenvalue weighted by Gasteiger charge is 2.54. The first kappa shape index (κ1) is 17.3. The first-order chi connectivity index (χ1) is 14.1. The first-order valence-corrected chi connectivity index (χ1v) is 10.6. The van der Waals surface area contributed by atoms with Gasteiger partial charge in [-0.15, -0.1) is 0 Å². The van der Waals surface area contributed by atoms with E-state index >= 15 is 0 Å². The highest BCUT2D eigenvalue weighted by atomic mass is 35.5. The van der Waals surface area contributed by atoms with Crippen molar-refractivity contribution in [1.29, 1.82) is 0 Å². The molecular formula is C20H18ClN7S. The van der Waals surface area contributed by atoms with Crippen molar-refractivity contribution < 1.29 is 0 Å². The van der Waals surface area contributed by atoms with Gasteiger partial charge in [0.05, 0.1) is 33.5 Å². The second-order valence-electron chi connectivity index (χ2n) is 7.60. The molecule has 1 saturated heterocycles. The summed E-state index contributed by atoms with van der Waals surface area (Å²) in [5.41, 5.74) is 9.54. The molecule has 6 rings (SSSR count). The summed E-state index contributed by atoms with van der Waals surface area (Å²) in [6, 6.07) is 6.41. The molecule has 3 aromatic heterocycles. The van der Waals surface area contributed by atoms with Crippen molar-refractivity contribution in [2.75, 3.05) is 18.0 Å². The molecule has 0 bridgehead atoms. The van der Waals surface area contributed by atoms with Gasteiger partial charge in [-0.3, -0.25) is 0 Å². The molecule has 1 aliphatic heterocycles. The van der Waals surface area contributed by atoms with Gasteiger partial charge in [-0.05, 0) is 47.9 Å².